The lowest BCUT2D eigenvalue weighted by molar-refractivity contribution is 0.643. The summed E-state index contributed by atoms with van der Waals surface area (Å²) in [6.45, 7) is 0.473. The highest BCUT2D eigenvalue weighted by Gasteiger charge is 2.05. The van der Waals surface area contributed by atoms with Crippen LogP contribution in [0.5, 0.6) is 0 Å². The standard InChI is InChI=1S/C21H16N2O/c24-21-13-12-20(22-23(21)15-16-6-2-1-3-7-16)19-11-10-17-8-4-5-9-18(17)14-19/h1-14H,15H2. The lowest BCUT2D eigenvalue weighted by Crippen LogP contribution is -2.22. The smallest absolute Gasteiger partial charge is 0.267 e. The Morgan fingerprint density at radius 3 is 2.33 bits per heavy atom. The fourth-order valence-electron chi connectivity index (χ4n) is 2.82. The van der Waals surface area contributed by atoms with Gasteiger partial charge in [-0.2, -0.15) is 5.10 Å². The van der Waals surface area contributed by atoms with Gasteiger partial charge in [0.1, 0.15) is 0 Å². The number of nitrogens with zero attached hydrogens (tertiary/aromatic N) is 2. The maximum atomic E-state index is 12.1. The van der Waals surface area contributed by atoms with Crippen molar-refractivity contribution in [1.29, 1.82) is 0 Å². The van der Waals surface area contributed by atoms with E-state index in [0.717, 1.165) is 22.2 Å². The number of hydrogen-bond acceptors (Lipinski definition) is 2. The van der Waals surface area contributed by atoms with Crippen LogP contribution in [0.15, 0.2) is 89.7 Å². The molecule has 0 radical (unpaired) electrons. The van der Waals surface area contributed by atoms with E-state index in [1.54, 1.807) is 12.1 Å². The molecule has 0 N–H and O–H groups in total. The Kier molecular flexibility index (Phi) is 3.67. The summed E-state index contributed by atoms with van der Waals surface area (Å²) in [6, 6.07) is 27.7. The predicted molar refractivity (Wildman–Crippen MR) is 97.0 cm³/mol. The Morgan fingerprint density at radius 1 is 0.750 bits per heavy atom. The molecule has 0 aliphatic carbocycles. The number of aromatic nitrogens is 2. The van der Waals surface area contributed by atoms with E-state index >= 15 is 0 Å². The minimum atomic E-state index is -0.0941. The molecular formula is C21H16N2O. The van der Waals surface area contributed by atoms with Crippen molar-refractivity contribution in [2.75, 3.05) is 0 Å². The van der Waals surface area contributed by atoms with Gasteiger partial charge in [0.15, 0.2) is 0 Å². The summed E-state index contributed by atoms with van der Waals surface area (Å²) < 4.78 is 1.51. The first-order valence-electron chi connectivity index (χ1n) is 7.91. The second-order valence-electron chi connectivity index (χ2n) is 5.76. The van der Waals surface area contributed by atoms with Crippen molar-refractivity contribution in [2.24, 2.45) is 0 Å². The molecule has 0 aliphatic rings. The predicted octanol–water partition coefficient (Wildman–Crippen LogP) is 4.11. The number of hydrogen-bond donors (Lipinski definition) is 0. The third-order valence-electron chi connectivity index (χ3n) is 4.09. The molecule has 0 atom stereocenters. The zero-order chi connectivity index (χ0) is 16.4. The largest absolute Gasteiger partial charge is 0.268 e. The molecule has 0 saturated heterocycles. The van der Waals surface area contributed by atoms with Gasteiger partial charge in [-0.1, -0.05) is 66.7 Å². The van der Waals surface area contributed by atoms with Crippen LogP contribution in [0.4, 0.5) is 0 Å². The SMILES string of the molecule is O=c1ccc(-c2ccc3ccccc3c2)nn1Cc1ccccc1. The van der Waals surface area contributed by atoms with Crippen molar-refractivity contribution in [3.8, 4) is 11.3 Å². The van der Waals surface area contributed by atoms with E-state index in [9.17, 15) is 4.79 Å². The highest BCUT2D eigenvalue weighted by Crippen LogP contribution is 2.22. The number of benzene rings is 3. The summed E-state index contributed by atoms with van der Waals surface area (Å²) in [7, 11) is 0. The van der Waals surface area contributed by atoms with Crippen molar-refractivity contribution in [2.45, 2.75) is 6.54 Å². The van der Waals surface area contributed by atoms with Crippen LogP contribution in [-0.2, 0) is 6.54 Å². The Balaban J connectivity index is 1.75. The molecule has 4 rings (SSSR count). The maximum absolute atomic E-state index is 12.1. The van der Waals surface area contributed by atoms with E-state index in [2.05, 4.69) is 29.4 Å². The van der Waals surface area contributed by atoms with Gasteiger partial charge in [-0.25, -0.2) is 4.68 Å². The van der Waals surface area contributed by atoms with Gasteiger partial charge >= 0.3 is 0 Å². The molecule has 0 spiro atoms. The summed E-state index contributed by atoms with van der Waals surface area (Å²) in [6.07, 6.45) is 0. The molecule has 3 heteroatoms. The third kappa shape index (κ3) is 2.84. The Morgan fingerprint density at radius 2 is 1.50 bits per heavy atom. The molecule has 3 aromatic carbocycles. The van der Waals surface area contributed by atoms with Crippen molar-refractivity contribution in [3.63, 3.8) is 0 Å². The van der Waals surface area contributed by atoms with Gasteiger partial charge in [0.05, 0.1) is 12.2 Å². The normalized spacial score (nSPS) is 10.8. The molecule has 0 aliphatic heterocycles. The fourth-order valence-corrected chi connectivity index (χ4v) is 2.82. The van der Waals surface area contributed by atoms with Crippen LogP contribution in [0, 0.1) is 0 Å². The molecule has 0 saturated carbocycles. The molecule has 1 aromatic heterocycles. The first-order valence-corrected chi connectivity index (χ1v) is 7.91. The van der Waals surface area contributed by atoms with Crippen molar-refractivity contribution < 1.29 is 0 Å². The highest BCUT2D eigenvalue weighted by atomic mass is 16.1. The average Bonchev–Trinajstić information content (AvgIpc) is 2.64. The van der Waals surface area contributed by atoms with E-state index in [0.29, 0.717) is 6.54 Å². The van der Waals surface area contributed by atoms with Crippen LogP contribution in [0.2, 0.25) is 0 Å². The zero-order valence-corrected chi connectivity index (χ0v) is 13.1. The quantitative estimate of drug-likeness (QED) is 0.570. The van der Waals surface area contributed by atoms with Gasteiger partial charge in [-0.3, -0.25) is 4.79 Å². The van der Waals surface area contributed by atoms with E-state index in [4.69, 9.17) is 0 Å². The Bertz CT molecular complexity index is 1050. The molecular weight excluding hydrogens is 296 g/mol. The van der Waals surface area contributed by atoms with E-state index < -0.39 is 0 Å². The van der Waals surface area contributed by atoms with Crippen LogP contribution >= 0.6 is 0 Å². The van der Waals surface area contributed by atoms with E-state index in [1.807, 2.05) is 48.5 Å². The zero-order valence-electron chi connectivity index (χ0n) is 13.1. The first-order chi connectivity index (χ1) is 11.8. The maximum Gasteiger partial charge on any atom is 0.267 e. The van der Waals surface area contributed by atoms with E-state index in [1.165, 1.54) is 10.1 Å². The van der Waals surface area contributed by atoms with Crippen LogP contribution in [0.3, 0.4) is 0 Å². The minimum absolute atomic E-state index is 0.0941. The monoisotopic (exact) mass is 312 g/mol. The third-order valence-corrected chi connectivity index (χ3v) is 4.09. The molecule has 4 aromatic rings. The highest BCUT2D eigenvalue weighted by molar-refractivity contribution is 5.86. The summed E-state index contributed by atoms with van der Waals surface area (Å²) in [4.78, 5) is 12.1. The molecule has 1 heterocycles. The van der Waals surface area contributed by atoms with Crippen molar-refractivity contribution in [3.05, 3.63) is 101 Å². The molecule has 0 bridgehead atoms. The molecule has 0 unspecified atom stereocenters. The van der Waals surface area contributed by atoms with Gasteiger partial charge in [0, 0.05) is 11.6 Å². The lowest BCUT2D eigenvalue weighted by atomic mass is 10.1. The van der Waals surface area contributed by atoms with Crippen LogP contribution < -0.4 is 5.56 Å². The topological polar surface area (TPSA) is 34.9 Å². The van der Waals surface area contributed by atoms with Gasteiger partial charge in [0.25, 0.3) is 5.56 Å². The first kappa shape index (κ1) is 14.4. The minimum Gasteiger partial charge on any atom is -0.268 e. The second-order valence-corrected chi connectivity index (χ2v) is 5.76. The molecule has 0 amide bonds. The van der Waals surface area contributed by atoms with Gasteiger partial charge in [-0.15, -0.1) is 0 Å². The Hall–Kier alpha value is -3.20. The van der Waals surface area contributed by atoms with Crippen LogP contribution in [0.25, 0.3) is 22.0 Å². The number of fused-ring (bicyclic) bond motifs is 1. The van der Waals surface area contributed by atoms with Gasteiger partial charge in [-0.05, 0) is 28.5 Å². The van der Waals surface area contributed by atoms with Crippen molar-refractivity contribution >= 4 is 10.8 Å². The van der Waals surface area contributed by atoms with Crippen LogP contribution in [0.1, 0.15) is 5.56 Å². The van der Waals surface area contributed by atoms with Crippen molar-refractivity contribution in [1.82, 2.24) is 9.78 Å². The van der Waals surface area contributed by atoms with Gasteiger partial charge < -0.3 is 0 Å². The fraction of sp³-hybridized carbons (Fsp3) is 0.0476. The summed E-state index contributed by atoms with van der Waals surface area (Å²) >= 11 is 0. The lowest BCUT2D eigenvalue weighted by Gasteiger charge is -2.08. The molecule has 0 fully saturated rings. The summed E-state index contributed by atoms with van der Waals surface area (Å²) in [5.74, 6) is 0. The van der Waals surface area contributed by atoms with Gasteiger partial charge in [0.2, 0.25) is 0 Å². The molecule has 116 valence electrons. The molecule has 24 heavy (non-hydrogen) atoms. The average molecular weight is 312 g/mol. The number of rotatable bonds is 3. The summed E-state index contributed by atoms with van der Waals surface area (Å²) in [5.41, 5.74) is 2.78. The molecule has 3 nitrogen and oxygen atoms in total. The van der Waals surface area contributed by atoms with E-state index in [-0.39, 0.29) is 5.56 Å². The Labute approximate surface area is 139 Å². The second kappa shape index (κ2) is 6.13. The summed E-state index contributed by atoms with van der Waals surface area (Å²) in [5, 5.41) is 6.91. The van der Waals surface area contributed by atoms with Crippen LogP contribution in [-0.4, -0.2) is 9.78 Å².